The van der Waals surface area contributed by atoms with Crippen molar-refractivity contribution < 1.29 is 10.2 Å². The molecule has 0 bridgehead atoms. The Balaban J connectivity index is 1.27. The van der Waals surface area contributed by atoms with Crippen LogP contribution in [-0.2, 0) is 0 Å². The lowest BCUT2D eigenvalue weighted by Gasteiger charge is -2.36. The number of unbranched alkanes of at least 4 members (excludes halogenated alkanes) is 3. The molecule has 3 heterocycles. The number of anilines is 1. The lowest BCUT2D eigenvalue weighted by atomic mass is 9.99. The number of aromatic nitrogens is 4. The van der Waals surface area contributed by atoms with Crippen molar-refractivity contribution in [3.05, 3.63) is 12.5 Å². The van der Waals surface area contributed by atoms with Gasteiger partial charge in [-0.05, 0) is 32.2 Å². The van der Waals surface area contributed by atoms with Gasteiger partial charge in [-0.3, -0.25) is 4.90 Å². The second-order valence-corrected chi connectivity index (χ2v) is 6.72. The van der Waals surface area contributed by atoms with Crippen LogP contribution in [-0.4, -0.2) is 73.4 Å². The first-order valence-corrected chi connectivity index (χ1v) is 9.19. The number of H-pyrrole nitrogens is 1. The molecule has 2 aromatic rings. The van der Waals surface area contributed by atoms with Crippen LogP contribution in [0.3, 0.4) is 0 Å². The van der Waals surface area contributed by atoms with Crippen LogP contribution in [0.1, 0.15) is 38.5 Å². The minimum Gasteiger partial charge on any atom is -0.395 e. The van der Waals surface area contributed by atoms with Gasteiger partial charge in [0.2, 0.25) is 5.95 Å². The molecule has 0 saturated carbocycles. The van der Waals surface area contributed by atoms with E-state index in [2.05, 4.69) is 30.2 Å². The highest BCUT2D eigenvalue weighted by Crippen LogP contribution is 2.18. The van der Waals surface area contributed by atoms with Crippen LogP contribution in [0.25, 0.3) is 11.2 Å². The van der Waals surface area contributed by atoms with E-state index in [0.29, 0.717) is 18.0 Å². The maximum atomic E-state index is 9.68. The predicted octanol–water partition coefficient (Wildman–Crippen LogP) is 1.14. The molecule has 0 amide bonds. The summed E-state index contributed by atoms with van der Waals surface area (Å²) in [6.07, 6.45) is 9.14. The number of hydrogen-bond donors (Lipinski definition) is 4. The van der Waals surface area contributed by atoms with Crippen molar-refractivity contribution in [3.63, 3.8) is 0 Å². The smallest absolute Gasteiger partial charge is 0.224 e. The average molecular weight is 348 g/mol. The third-order valence-corrected chi connectivity index (χ3v) is 4.85. The van der Waals surface area contributed by atoms with Crippen molar-refractivity contribution in [1.29, 1.82) is 0 Å². The first kappa shape index (κ1) is 18.0. The van der Waals surface area contributed by atoms with Gasteiger partial charge in [-0.1, -0.05) is 12.8 Å². The molecule has 0 unspecified atom stereocenters. The van der Waals surface area contributed by atoms with E-state index in [1.807, 2.05) is 0 Å². The summed E-state index contributed by atoms with van der Waals surface area (Å²) in [7, 11) is 0. The number of likely N-dealkylation sites (tertiary alicyclic amines) is 1. The Labute approximate surface area is 147 Å². The second kappa shape index (κ2) is 9.07. The van der Waals surface area contributed by atoms with Gasteiger partial charge < -0.3 is 20.5 Å². The SMILES string of the molecule is OC[C@@H]1C[C@H](O)CCN1CCCCCCNc1ncc2[nH]cnc2n1. The minimum atomic E-state index is -0.248. The number of rotatable bonds is 9. The van der Waals surface area contributed by atoms with Crippen LogP contribution in [0, 0.1) is 0 Å². The number of fused-ring (bicyclic) bond motifs is 1. The Morgan fingerprint density at radius 2 is 2.12 bits per heavy atom. The van der Waals surface area contributed by atoms with E-state index < -0.39 is 0 Å². The Morgan fingerprint density at radius 1 is 1.24 bits per heavy atom. The maximum absolute atomic E-state index is 9.68. The van der Waals surface area contributed by atoms with Crippen molar-refractivity contribution in [2.45, 2.75) is 50.7 Å². The van der Waals surface area contributed by atoms with Crippen molar-refractivity contribution in [1.82, 2.24) is 24.8 Å². The quantitative estimate of drug-likeness (QED) is 0.503. The van der Waals surface area contributed by atoms with Gasteiger partial charge in [0.05, 0.1) is 25.2 Å². The van der Waals surface area contributed by atoms with Crippen molar-refractivity contribution in [2.75, 3.05) is 31.6 Å². The van der Waals surface area contributed by atoms with Crippen LogP contribution in [0.2, 0.25) is 0 Å². The van der Waals surface area contributed by atoms with Gasteiger partial charge in [-0.25, -0.2) is 9.97 Å². The van der Waals surface area contributed by atoms with Crippen molar-refractivity contribution in [3.8, 4) is 0 Å². The van der Waals surface area contributed by atoms with Crippen molar-refractivity contribution >= 4 is 17.1 Å². The third kappa shape index (κ3) is 5.10. The van der Waals surface area contributed by atoms with E-state index in [4.69, 9.17) is 0 Å². The average Bonchev–Trinajstić information content (AvgIpc) is 3.09. The predicted molar refractivity (Wildman–Crippen MR) is 96.3 cm³/mol. The zero-order valence-corrected chi connectivity index (χ0v) is 14.6. The molecule has 0 aliphatic carbocycles. The Morgan fingerprint density at radius 3 is 3.00 bits per heavy atom. The van der Waals surface area contributed by atoms with Gasteiger partial charge >= 0.3 is 0 Å². The minimum absolute atomic E-state index is 0.125. The monoisotopic (exact) mass is 348 g/mol. The van der Waals surface area contributed by atoms with E-state index in [9.17, 15) is 10.2 Å². The number of aliphatic hydroxyl groups excluding tert-OH is 2. The molecular weight excluding hydrogens is 320 g/mol. The number of piperidine rings is 1. The van der Waals surface area contributed by atoms with Gasteiger partial charge in [0.15, 0.2) is 5.65 Å². The Bertz CT molecular complexity index is 649. The summed E-state index contributed by atoms with van der Waals surface area (Å²) in [5.41, 5.74) is 1.53. The second-order valence-electron chi connectivity index (χ2n) is 6.72. The number of nitrogens with one attached hydrogen (secondary N) is 2. The van der Waals surface area contributed by atoms with Gasteiger partial charge in [0, 0.05) is 19.1 Å². The number of imidazole rings is 1. The zero-order chi connectivity index (χ0) is 17.5. The molecule has 2 aromatic heterocycles. The molecule has 0 spiro atoms. The number of aromatic amines is 1. The fraction of sp³-hybridized carbons (Fsp3) is 0.706. The van der Waals surface area contributed by atoms with Crippen LogP contribution < -0.4 is 5.32 Å². The highest BCUT2D eigenvalue weighted by molar-refractivity contribution is 5.69. The van der Waals surface area contributed by atoms with Gasteiger partial charge in [-0.2, -0.15) is 4.98 Å². The molecule has 8 nitrogen and oxygen atoms in total. The molecule has 3 rings (SSSR count). The fourth-order valence-electron chi connectivity index (χ4n) is 3.38. The highest BCUT2D eigenvalue weighted by Gasteiger charge is 2.25. The molecule has 0 aromatic carbocycles. The summed E-state index contributed by atoms with van der Waals surface area (Å²) in [5, 5.41) is 22.4. The first-order valence-electron chi connectivity index (χ1n) is 9.19. The first-order chi connectivity index (χ1) is 12.3. The van der Waals surface area contributed by atoms with E-state index in [0.717, 1.165) is 57.3 Å². The molecule has 0 radical (unpaired) electrons. The highest BCUT2D eigenvalue weighted by atomic mass is 16.3. The molecule has 138 valence electrons. The molecule has 1 aliphatic heterocycles. The third-order valence-electron chi connectivity index (χ3n) is 4.85. The molecule has 1 aliphatic rings. The molecule has 4 N–H and O–H groups in total. The van der Waals surface area contributed by atoms with Gasteiger partial charge in [-0.15, -0.1) is 0 Å². The summed E-state index contributed by atoms with van der Waals surface area (Å²) in [6, 6.07) is 0.125. The molecule has 8 heteroatoms. The Kier molecular flexibility index (Phi) is 6.55. The number of aliphatic hydroxyl groups is 2. The van der Waals surface area contributed by atoms with Crippen LogP contribution in [0.15, 0.2) is 12.5 Å². The summed E-state index contributed by atoms with van der Waals surface area (Å²) in [6.45, 7) is 2.89. The van der Waals surface area contributed by atoms with E-state index in [1.54, 1.807) is 12.5 Å². The van der Waals surface area contributed by atoms with Crippen molar-refractivity contribution in [2.24, 2.45) is 0 Å². The normalized spacial score (nSPS) is 21.7. The van der Waals surface area contributed by atoms with Crippen LogP contribution >= 0.6 is 0 Å². The van der Waals surface area contributed by atoms with E-state index >= 15 is 0 Å². The summed E-state index contributed by atoms with van der Waals surface area (Å²) >= 11 is 0. The van der Waals surface area contributed by atoms with Gasteiger partial charge in [0.25, 0.3) is 0 Å². The van der Waals surface area contributed by atoms with Crippen LogP contribution in [0.5, 0.6) is 0 Å². The van der Waals surface area contributed by atoms with E-state index in [1.165, 1.54) is 0 Å². The fourth-order valence-corrected chi connectivity index (χ4v) is 3.38. The maximum Gasteiger partial charge on any atom is 0.224 e. The van der Waals surface area contributed by atoms with Crippen LogP contribution in [0.4, 0.5) is 5.95 Å². The molecular formula is C17H28N6O2. The molecule has 2 atom stereocenters. The summed E-state index contributed by atoms with van der Waals surface area (Å²) in [4.78, 5) is 18.0. The molecule has 1 saturated heterocycles. The number of nitrogens with zero attached hydrogens (tertiary/aromatic N) is 4. The summed E-state index contributed by atoms with van der Waals surface area (Å²) in [5.74, 6) is 0.622. The molecule has 25 heavy (non-hydrogen) atoms. The van der Waals surface area contributed by atoms with E-state index in [-0.39, 0.29) is 18.8 Å². The lowest BCUT2D eigenvalue weighted by molar-refractivity contribution is 0.0163. The zero-order valence-electron chi connectivity index (χ0n) is 14.6. The largest absolute Gasteiger partial charge is 0.395 e. The molecule has 1 fully saturated rings. The summed E-state index contributed by atoms with van der Waals surface area (Å²) < 4.78 is 0. The topological polar surface area (TPSA) is 110 Å². The lowest BCUT2D eigenvalue weighted by Crippen LogP contribution is -2.46. The standard InChI is InChI=1S/C17H28N6O2/c24-11-13-9-14(25)5-8-23(13)7-4-2-1-3-6-18-17-19-10-15-16(22-17)21-12-20-15/h10,12-14,24-25H,1-9,11H2,(H2,18,19,20,21,22)/t13-,14+/m0/s1. The Hall–Kier alpha value is -1.77. The van der Waals surface area contributed by atoms with Gasteiger partial charge in [0.1, 0.15) is 5.52 Å². The number of hydrogen-bond acceptors (Lipinski definition) is 7.